The minimum atomic E-state index is -0.885. The number of methoxy groups -OCH3 is 2. The van der Waals surface area contributed by atoms with Crippen molar-refractivity contribution in [3.8, 4) is 11.5 Å². The number of nitrogens with zero attached hydrogens (tertiary/aromatic N) is 1. The number of hydrogen-bond donors (Lipinski definition) is 1. The second-order valence-electron chi connectivity index (χ2n) is 6.51. The summed E-state index contributed by atoms with van der Waals surface area (Å²) in [5.41, 5.74) is 5.23. The molecule has 0 heterocycles. The van der Waals surface area contributed by atoms with E-state index >= 15 is 0 Å². The number of nitro groups is 1. The summed E-state index contributed by atoms with van der Waals surface area (Å²) in [6.45, 7) is 7.61. The Balaban J connectivity index is 3.57. The summed E-state index contributed by atoms with van der Waals surface area (Å²) in [5.74, 6) is 0.105. The van der Waals surface area contributed by atoms with Gasteiger partial charge >= 0.3 is 11.8 Å². The maximum Gasteiger partial charge on any atom is 0.404 e. The third kappa shape index (κ3) is 4.27. The third-order valence-electron chi connectivity index (χ3n) is 3.77. The normalized spacial score (nSPS) is 13.8. The average Bonchev–Trinajstić information content (AvgIpc) is 2.44. The quantitative estimate of drug-likeness (QED) is 0.628. The molecule has 0 aliphatic rings. The lowest BCUT2D eigenvalue weighted by molar-refractivity contribution is -0.385. The molecule has 0 saturated heterocycles. The number of nitrogens with two attached hydrogens (primary N) is 1. The Kier molecular flexibility index (Phi) is 6.00. The largest absolute Gasteiger partial charge is 0.496 e. The molecule has 8 heteroatoms. The summed E-state index contributed by atoms with van der Waals surface area (Å²) in [4.78, 5) is 21.8. The summed E-state index contributed by atoms with van der Waals surface area (Å²) in [5, 5.41) is 11.2. The molecule has 8 nitrogen and oxygen atoms in total. The fourth-order valence-electron chi connectivity index (χ4n) is 2.97. The molecule has 2 unspecified atom stereocenters. The molecule has 24 heavy (non-hydrogen) atoms. The van der Waals surface area contributed by atoms with E-state index in [0.29, 0.717) is 11.3 Å². The average molecular weight is 340 g/mol. The van der Waals surface area contributed by atoms with Crippen LogP contribution in [0.4, 0.5) is 10.5 Å². The molecular formula is C16H24N2O6. The van der Waals surface area contributed by atoms with Gasteiger partial charge in [0.05, 0.1) is 25.2 Å². The highest BCUT2D eigenvalue weighted by atomic mass is 16.6. The van der Waals surface area contributed by atoms with Crippen LogP contribution in [0.5, 0.6) is 11.5 Å². The lowest BCUT2D eigenvalue weighted by atomic mass is 9.73. The Morgan fingerprint density at radius 2 is 1.75 bits per heavy atom. The van der Waals surface area contributed by atoms with Crippen LogP contribution in [0.25, 0.3) is 0 Å². The summed E-state index contributed by atoms with van der Waals surface area (Å²) >= 11 is 0. The van der Waals surface area contributed by atoms with Gasteiger partial charge in [-0.2, -0.15) is 0 Å². The minimum Gasteiger partial charge on any atom is -0.496 e. The topological polar surface area (TPSA) is 114 Å². The van der Waals surface area contributed by atoms with Gasteiger partial charge in [0.2, 0.25) is 0 Å². The van der Waals surface area contributed by atoms with Gasteiger partial charge in [0.1, 0.15) is 11.9 Å². The molecule has 0 bridgehead atoms. The molecule has 1 rings (SSSR count). The lowest BCUT2D eigenvalue weighted by Crippen LogP contribution is -2.33. The van der Waals surface area contributed by atoms with Crippen molar-refractivity contribution in [2.45, 2.75) is 39.7 Å². The van der Waals surface area contributed by atoms with E-state index in [-0.39, 0.29) is 22.8 Å². The van der Waals surface area contributed by atoms with Crippen LogP contribution in [0, 0.1) is 15.5 Å². The first kappa shape index (κ1) is 19.5. The Bertz CT molecular complexity index is 624. The molecule has 134 valence electrons. The number of hydrogen-bond acceptors (Lipinski definition) is 6. The van der Waals surface area contributed by atoms with E-state index in [1.165, 1.54) is 20.3 Å². The van der Waals surface area contributed by atoms with E-state index < -0.39 is 17.1 Å². The summed E-state index contributed by atoms with van der Waals surface area (Å²) in [6.07, 6.45) is -1.45. The molecule has 1 aromatic rings. The number of amides is 1. The molecule has 0 radical (unpaired) electrons. The Morgan fingerprint density at radius 3 is 2.12 bits per heavy atom. The van der Waals surface area contributed by atoms with Crippen molar-refractivity contribution in [2.24, 2.45) is 11.1 Å². The van der Waals surface area contributed by atoms with Crippen molar-refractivity contribution in [3.63, 3.8) is 0 Å². The van der Waals surface area contributed by atoms with Crippen molar-refractivity contribution in [2.75, 3.05) is 14.2 Å². The highest BCUT2D eigenvalue weighted by Gasteiger charge is 2.37. The van der Waals surface area contributed by atoms with Crippen LogP contribution in [-0.2, 0) is 4.74 Å². The highest BCUT2D eigenvalue weighted by Crippen LogP contribution is 2.46. The summed E-state index contributed by atoms with van der Waals surface area (Å²) < 4.78 is 15.6. The van der Waals surface area contributed by atoms with Crippen LogP contribution in [0.15, 0.2) is 12.1 Å². The third-order valence-corrected chi connectivity index (χ3v) is 3.77. The highest BCUT2D eigenvalue weighted by molar-refractivity contribution is 5.65. The van der Waals surface area contributed by atoms with Gasteiger partial charge in [0.25, 0.3) is 0 Å². The van der Waals surface area contributed by atoms with Crippen LogP contribution >= 0.6 is 0 Å². The molecule has 1 amide bonds. The van der Waals surface area contributed by atoms with Gasteiger partial charge in [-0.05, 0) is 18.4 Å². The van der Waals surface area contributed by atoms with E-state index in [1.807, 2.05) is 20.8 Å². The van der Waals surface area contributed by atoms with Crippen LogP contribution < -0.4 is 15.2 Å². The van der Waals surface area contributed by atoms with E-state index in [9.17, 15) is 14.9 Å². The van der Waals surface area contributed by atoms with Crippen molar-refractivity contribution >= 4 is 11.8 Å². The standard InChI is InChI=1S/C16H24N2O6/c1-9(24-15(17)19)14(16(2,3)4)10-7-13(23-6)11(18(20)21)8-12(10)22-5/h7-9,14H,1-6H3,(H2,17,19). The molecule has 0 aromatic heterocycles. The Labute approximate surface area is 141 Å². The second kappa shape index (κ2) is 7.37. The van der Waals surface area contributed by atoms with E-state index in [4.69, 9.17) is 19.9 Å². The number of benzene rings is 1. The Morgan fingerprint density at radius 1 is 1.21 bits per heavy atom. The molecule has 2 N–H and O–H groups in total. The van der Waals surface area contributed by atoms with Crippen molar-refractivity contribution in [1.82, 2.24) is 0 Å². The Hall–Kier alpha value is -2.51. The van der Waals surface area contributed by atoms with E-state index in [2.05, 4.69) is 0 Å². The van der Waals surface area contributed by atoms with Gasteiger partial charge in [-0.1, -0.05) is 20.8 Å². The first-order chi connectivity index (χ1) is 11.0. The predicted octanol–water partition coefficient (Wildman–Crippen LogP) is 3.23. The zero-order valence-corrected chi connectivity index (χ0v) is 14.8. The van der Waals surface area contributed by atoms with Gasteiger partial charge in [-0.25, -0.2) is 4.79 Å². The molecule has 0 aliphatic heterocycles. The molecule has 0 fully saturated rings. The van der Waals surface area contributed by atoms with E-state index in [0.717, 1.165) is 0 Å². The number of primary amides is 1. The minimum absolute atomic E-state index is 0.108. The zero-order valence-electron chi connectivity index (χ0n) is 14.8. The predicted molar refractivity (Wildman–Crippen MR) is 88.5 cm³/mol. The number of carbonyl (C=O) groups excluding carboxylic acids is 1. The molecule has 0 aliphatic carbocycles. The van der Waals surface area contributed by atoms with Crippen molar-refractivity contribution in [3.05, 3.63) is 27.8 Å². The second-order valence-corrected chi connectivity index (χ2v) is 6.51. The maximum atomic E-state index is 11.2. The first-order valence-corrected chi connectivity index (χ1v) is 7.39. The van der Waals surface area contributed by atoms with Crippen LogP contribution in [0.2, 0.25) is 0 Å². The van der Waals surface area contributed by atoms with Crippen molar-refractivity contribution < 1.29 is 23.9 Å². The van der Waals surface area contributed by atoms with Gasteiger partial charge in [0, 0.05) is 11.5 Å². The molecule has 0 spiro atoms. The first-order valence-electron chi connectivity index (χ1n) is 7.39. The molecule has 2 atom stereocenters. The lowest BCUT2D eigenvalue weighted by Gasteiger charge is -2.35. The molecular weight excluding hydrogens is 316 g/mol. The van der Waals surface area contributed by atoms with Crippen LogP contribution in [0.3, 0.4) is 0 Å². The molecule has 0 saturated carbocycles. The molecule has 1 aromatic carbocycles. The number of ether oxygens (including phenoxy) is 3. The van der Waals surface area contributed by atoms with E-state index in [1.54, 1.807) is 13.0 Å². The number of nitro benzene ring substituents is 1. The maximum absolute atomic E-state index is 11.2. The fourth-order valence-corrected chi connectivity index (χ4v) is 2.97. The van der Waals surface area contributed by atoms with Gasteiger partial charge in [-0.15, -0.1) is 0 Å². The monoisotopic (exact) mass is 340 g/mol. The van der Waals surface area contributed by atoms with Gasteiger partial charge < -0.3 is 19.9 Å². The van der Waals surface area contributed by atoms with Crippen molar-refractivity contribution in [1.29, 1.82) is 0 Å². The fraction of sp³-hybridized carbons (Fsp3) is 0.562. The number of rotatable bonds is 6. The summed E-state index contributed by atoms with van der Waals surface area (Å²) in [6, 6.07) is 2.86. The zero-order chi connectivity index (χ0) is 18.7. The SMILES string of the molecule is COc1cc([N+](=O)[O-])c(OC)cc1C(C(C)OC(N)=O)C(C)(C)C. The van der Waals surface area contributed by atoms with Gasteiger partial charge in [0.15, 0.2) is 5.75 Å². The van der Waals surface area contributed by atoms with Gasteiger partial charge in [-0.3, -0.25) is 10.1 Å². The number of carbonyl (C=O) groups is 1. The smallest absolute Gasteiger partial charge is 0.404 e. The van der Waals surface area contributed by atoms with Crippen LogP contribution in [0.1, 0.15) is 39.2 Å². The van der Waals surface area contributed by atoms with Crippen LogP contribution in [-0.4, -0.2) is 31.3 Å². The summed E-state index contributed by atoms with van der Waals surface area (Å²) in [7, 11) is 2.78.